The average Bonchev–Trinajstić information content (AvgIpc) is 2.96. The Balaban J connectivity index is 1.80. The van der Waals surface area contributed by atoms with Crippen molar-refractivity contribution in [2.45, 2.75) is 13.8 Å². The van der Waals surface area contributed by atoms with Crippen LogP contribution in [0.3, 0.4) is 0 Å². The summed E-state index contributed by atoms with van der Waals surface area (Å²) in [7, 11) is 0. The van der Waals surface area contributed by atoms with E-state index in [-0.39, 0.29) is 11.0 Å². The van der Waals surface area contributed by atoms with Crippen molar-refractivity contribution in [1.29, 1.82) is 0 Å². The molecule has 2 rings (SSSR count). The normalized spacial score (nSPS) is 10.4. The van der Waals surface area contributed by atoms with Gasteiger partial charge in [-0.2, -0.15) is 0 Å². The number of amides is 2. The second kappa shape index (κ2) is 8.07. The van der Waals surface area contributed by atoms with E-state index in [9.17, 15) is 9.59 Å². The molecule has 0 aliphatic carbocycles. The van der Waals surface area contributed by atoms with Crippen LogP contribution in [-0.4, -0.2) is 16.9 Å². The van der Waals surface area contributed by atoms with Gasteiger partial charge in [0.1, 0.15) is 11.5 Å². The molecule has 0 spiro atoms. The van der Waals surface area contributed by atoms with Crippen LogP contribution in [0.5, 0.6) is 0 Å². The molecule has 3 N–H and O–H groups in total. The zero-order valence-electron chi connectivity index (χ0n) is 13.3. The Morgan fingerprint density at radius 1 is 1.08 bits per heavy atom. The topological polar surface area (TPSA) is 83.4 Å². The fourth-order valence-corrected chi connectivity index (χ4v) is 2.05. The third kappa shape index (κ3) is 5.06. The van der Waals surface area contributed by atoms with E-state index < -0.39 is 5.91 Å². The molecule has 124 valence electrons. The highest BCUT2D eigenvalue weighted by molar-refractivity contribution is 7.80. The highest BCUT2D eigenvalue weighted by Gasteiger charge is 2.08. The molecule has 6 nitrogen and oxygen atoms in total. The monoisotopic (exact) mass is 343 g/mol. The minimum absolute atomic E-state index is 0.0118. The van der Waals surface area contributed by atoms with E-state index in [2.05, 4.69) is 16.2 Å². The van der Waals surface area contributed by atoms with Gasteiger partial charge in [-0.1, -0.05) is 18.2 Å². The van der Waals surface area contributed by atoms with Gasteiger partial charge in [-0.05, 0) is 55.9 Å². The minimum Gasteiger partial charge on any atom is -0.462 e. The fourth-order valence-electron chi connectivity index (χ4n) is 1.89. The Morgan fingerprint density at radius 3 is 2.50 bits per heavy atom. The van der Waals surface area contributed by atoms with Crippen molar-refractivity contribution >= 4 is 35.2 Å². The van der Waals surface area contributed by atoms with Gasteiger partial charge in [0, 0.05) is 11.6 Å². The quantitative estimate of drug-likeness (QED) is 0.452. The number of carbonyl (C=O) groups is 2. The fraction of sp³-hybridized carbons (Fsp3) is 0.118. The number of aryl methyl sites for hydroxylation is 2. The van der Waals surface area contributed by atoms with Crippen molar-refractivity contribution in [3.63, 3.8) is 0 Å². The number of hydrogen-bond donors (Lipinski definition) is 3. The summed E-state index contributed by atoms with van der Waals surface area (Å²) in [4.78, 5) is 23.7. The predicted octanol–water partition coefficient (Wildman–Crippen LogP) is 2.25. The summed E-state index contributed by atoms with van der Waals surface area (Å²) in [6.07, 6.45) is 2.81. The lowest BCUT2D eigenvalue weighted by molar-refractivity contribution is -0.115. The number of hydrogen-bond acceptors (Lipinski definition) is 4. The van der Waals surface area contributed by atoms with Crippen LogP contribution in [0.1, 0.15) is 27.4 Å². The summed E-state index contributed by atoms with van der Waals surface area (Å²) in [5.74, 6) is 0.540. The Hall–Kier alpha value is -2.93. The van der Waals surface area contributed by atoms with Crippen molar-refractivity contribution in [3.05, 3.63) is 65.1 Å². The number of carbonyl (C=O) groups excluding carboxylic acids is 2. The molecule has 0 saturated carbocycles. The smallest absolute Gasteiger partial charge is 0.269 e. The summed E-state index contributed by atoms with van der Waals surface area (Å²) < 4.78 is 5.31. The maximum Gasteiger partial charge on any atom is 0.269 e. The van der Waals surface area contributed by atoms with Crippen LogP contribution in [0.2, 0.25) is 0 Å². The first-order valence-electron chi connectivity index (χ1n) is 7.17. The second-order valence-electron chi connectivity index (χ2n) is 4.99. The van der Waals surface area contributed by atoms with Gasteiger partial charge in [-0.25, -0.2) is 0 Å². The van der Waals surface area contributed by atoms with Crippen molar-refractivity contribution in [2.24, 2.45) is 0 Å². The minimum atomic E-state index is -0.438. The first-order valence-corrected chi connectivity index (χ1v) is 7.58. The van der Waals surface area contributed by atoms with Crippen LogP contribution in [0.4, 0.5) is 0 Å². The second-order valence-corrected chi connectivity index (χ2v) is 5.40. The molecule has 2 aromatic rings. The number of benzene rings is 1. The highest BCUT2D eigenvalue weighted by atomic mass is 32.1. The summed E-state index contributed by atoms with van der Waals surface area (Å²) in [5, 5.41) is 2.40. The molecule has 0 radical (unpaired) electrons. The van der Waals surface area contributed by atoms with Crippen LogP contribution >= 0.6 is 12.2 Å². The molecule has 2 amide bonds. The Labute approximate surface area is 144 Å². The Kier molecular flexibility index (Phi) is 5.86. The third-order valence-electron chi connectivity index (χ3n) is 3.08. The third-order valence-corrected chi connectivity index (χ3v) is 3.28. The van der Waals surface area contributed by atoms with Crippen LogP contribution < -0.4 is 16.2 Å². The molecular weight excluding hydrogens is 326 g/mol. The number of rotatable bonds is 3. The zero-order valence-corrected chi connectivity index (χ0v) is 14.1. The van der Waals surface area contributed by atoms with Crippen LogP contribution in [0.25, 0.3) is 6.08 Å². The van der Waals surface area contributed by atoms with E-state index in [0.29, 0.717) is 11.3 Å². The lowest BCUT2D eigenvalue weighted by Gasteiger charge is -2.10. The average molecular weight is 343 g/mol. The molecule has 0 bridgehead atoms. The number of nitrogens with one attached hydrogen (secondary N) is 3. The van der Waals surface area contributed by atoms with Gasteiger partial charge in [0.05, 0.1) is 0 Å². The molecule has 1 aromatic heterocycles. The summed E-state index contributed by atoms with van der Waals surface area (Å²) in [6, 6.07) is 10.7. The van der Waals surface area contributed by atoms with E-state index in [1.54, 1.807) is 24.3 Å². The maximum absolute atomic E-state index is 12.0. The molecule has 0 aliphatic rings. The van der Waals surface area contributed by atoms with Crippen LogP contribution in [-0.2, 0) is 4.79 Å². The van der Waals surface area contributed by atoms with Gasteiger partial charge >= 0.3 is 0 Å². The van der Waals surface area contributed by atoms with E-state index in [1.165, 1.54) is 12.2 Å². The van der Waals surface area contributed by atoms with Gasteiger partial charge in [-0.15, -0.1) is 0 Å². The van der Waals surface area contributed by atoms with E-state index in [0.717, 1.165) is 11.3 Å². The van der Waals surface area contributed by atoms with Gasteiger partial charge in [-0.3, -0.25) is 25.8 Å². The lowest BCUT2D eigenvalue weighted by Crippen LogP contribution is -2.48. The van der Waals surface area contributed by atoms with E-state index >= 15 is 0 Å². The highest BCUT2D eigenvalue weighted by Crippen LogP contribution is 2.07. The number of furan rings is 1. The zero-order chi connectivity index (χ0) is 17.5. The Bertz CT molecular complexity index is 796. The number of hydrazine groups is 1. The summed E-state index contributed by atoms with van der Waals surface area (Å²) in [5.41, 5.74) is 6.28. The van der Waals surface area contributed by atoms with E-state index in [4.69, 9.17) is 16.6 Å². The molecule has 0 fully saturated rings. The summed E-state index contributed by atoms with van der Waals surface area (Å²) in [6.45, 7) is 3.64. The predicted molar refractivity (Wildman–Crippen MR) is 95.0 cm³/mol. The lowest BCUT2D eigenvalue weighted by atomic mass is 10.1. The molecule has 0 atom stereocenters. The molecule has 24 heavy (non-hydrogen) atoms. The molecule has 0 unspecified atom stereocenters. The van der Waals surface area contributed by atoms with Gasteiger partial charge in [0.15, 0.2) is 5.11 Å². The van der Waals surface area contributed by atoms with E-state index in [1.807, 2.05) is 26.0 Å². The first-order chi connectivity index (χ1) is 11.5. The van der Waals surface area contributed by atoms with Gasteiger partial charge < -0.3 is 4.42 Å². The first kappa shape index (κ1) is 17.4. The summed E-state index contributed by atoms with van der Waals surface area (Å²) >= 11 is 4.95. The van der Waals surface area contributed by atoms with Crippen molar-refractivity contribution in [2.75, 3.05) is 0 Å². The van der Waals surface area contributed by atoms with Crippen molar-refractivity contribution in [3.8, 4) is 0 Å². The van der Waals surface area contributed by atoms with Crippen LogP contribution in [0.15, 0.2) is 46.9 Å². The maximum atomic E-state index is 12.0. The molecule has 1 heterocycles. The SMILES string of the molecule is Cc1ccc(C=CC(=O)NC(=S)NNC(=O)c2ccccc2C)o1. The largest absolute Gasteiger partial charge is 0.462 e. The van der Waals surface area contributed by atoms with Crippen molar-refractivity contribution < 1.29 is 14.0 Å². The Morgan fingerprint density at radius 2 is 1.83 bits per heavy atom. The molecule has 0 saturated heterocycles. The molecule has 0 aliphatic heterocycles. The molecule has 1 aromatic carbocycles. The standard InChI is InChI=1S/C17H17N3O3S/c1-11-5-3-4-6-14(11)16(22)19-20-17(24)18-15(21)10-9-13-8-7-12(2)23-13/h3-10H,1-2H3,(H,19,22)(H2,18,20,21,24). The van der Waals surface area contributed by atoms with Crippen molar-refractivity contribution in [1.82, 2.24) is 16.2 Å². The number of thiocarbonyl (C=S) groups is 1. The molecule has 7 heteroatoms. The molecular formula is C17H17N3O3S. The van der Waals surface area contributed by atoms with Gasteiger partial charge in [0.25, 0.3) is 5.91 Å². The van der Waals surface area contributed by atoms with Crippen LogP contribution in [0, 0.1) is 13.8 Å². The van der Waals surface area contributed by atoms with Gasteiger partial charge in [0.2, 0.25) is 5.91 Å².